The molecule has 0 aliphatic heterocycles. The molecular formula is C25H36O2. The number of fused-ring (bicyclic) bond motifs is 7. The monoisotopic (exact) mass is 368 g/mol. The van der Waals surface area contributed by atoms with Crippen LogP contribution in [0.5, 0.6) is 0 Å². The minimum atomic E-state index is -0.334. The van der Waals surface area contributed by atoms with Crippen LogP contribution in [-0.2, 0) is 16.6 Å². The summed E-state index contributed by atoms with van der Waals surface area (Å²) in [4.78, 5) is 13.7. The van der Waals surface area contributed by atoms with Crippen molar-refractivity contribution < 1.29 is 9.21 Å². The number of carbonyl (C=O) groups is 1. The molecule has 2 heteroatoms. The van der Waals surface area contributed by atoms with Crippen LogP contribution >= 0.6 is 0 Å². The lowest BCUT2D eigenvalue weighted by molar-refractivity contribution is -0.185. The average Bonchev–Trinajstić information content (AvgIpc) is 3.06. The molecular weight excluding hydrogens is 332 g/mol. The van der Waals surface area contributed by atoms with Gasteiger partial charge in [-0.15, -0.1) is 0 Å². The number of hydrogen-bond donors (Lipinski definition) is 0. The van der Waals surface area contributed by atoms with Crippen molar-refractivity contribution in [1.29, 1.82) is 0 Å². The van der Waals surface area contributed by atoms with Gasteiger partial charge in [-0.2, -0.15) is 0 Å². The first-order valence-corrected chi connectivity index (χ1v) is 11.2. The Morgan fingerprint density at radius 1 is 0.889 bits per heavy atom. The van der Waals surface area contributed by atoms with Gasteiger partial charge in [0.25, 0.3) is 0 Å². The molecule has 148 valence electrons. The first kappa shape index (κ1) is 18.0. The van der Waals surface area contributed by atoms with E-state index < -0.39 is 0 Å². The van der Waals surface area contributed by atoms with Crippen molar-refractivity contribution in [2.75, 3.05) is 0 Å². The van der Waals surface area contributed by atoms with Crippen molar-refractivity contribution in [2.45, 2.75) is 91.4 Å². The van der Waals surface area contributed by atoms with Crippen LogP contribution in [0.4, 0.5) is 0 Å². The molecule has 5 rings (SSSR count). The first-order chi connectivity index (χ1) is 12.6. The molecule has 0 aromatic carbocycles. The van der Waals surface area contributed by atoms with E-state index in [1.54, 1.807) is 0 Å². The normalized spacial score (nSPS) is 48.2. The van der Waals surface area contributed by atoms with Gasteiger partial charge in [-0.3, -0.25) is 4.79 Å². The highest BCUT2D eigenvalue weighted by Crippen LogP contribution is 2.71. The van der Waals surface area contributed by atoms with Crippen LogP contribution < -0.4 is 0 Å². The molecule has 6 atom stereocenters. The maximum absolute atomic E-state index is 13.7. The van der Waals surface area contributed by atoms with Gasteiger partial charge in [0.2, 0.25) is 0 Å². The predicted octanol–water partition coefficient (Wildman–Crippen LogP) is 6.32. The average molecular weight is 369 g/mol. The number of aryl methyl sites for hydroxylation is 1. The van der Waals surface area contributed by atoms with Crippen LogP contribution in [0.3, 0.4) is 0 Å². The van der Waals surface area contributed by atoms with Gasteiger partial charge in [0.15, 0.2) is 0 Å². The SMILES string of the molecule is CC1(C)CCC[C@]2(C)[C@H]3CC(=O)[C@]4(C)c5cocc5CC[C@H]4[C@]3(C)CC[C@@H]12. The molecule has 0 N–H and O–H groups in total. The van der Waals surface area contributed by atoms with Gasteiger partial charge in [-0.25, -0.2) is 0 Å². The van der Waals surface area contributed by atoms with Crippen molar-refractivity contribution in [3.63, 3.8) is 0 Å². The highest BCUT2D eigenvalue weighted by atomic mass is 16.3. The fourth-order valence-electron chi connectivity index (χ4n) is 9.05. The standard InChI is InChI=1S/C25H36O2/c1-22(2)10-6-11-23(3)18(22)9-12-24(4)19-8-7-16-14-27-15-17(16)25(19,5)21(26)13-20(23)24/h14-15,18-20H,6-13H2,1-5H3/t18-,19-,20+,23-,24-,25+/m0/s1. The van der Waals surface area contributed by atoms with Gasteiger partial charge in [-0.1, -0.05) is 34.1 Å². The van der Waals surface area contributed by atoms with Gasteiger partial charge in [0.05, 0.1) is 17.9 Å². The van der Waals surface area contributed by atoms with Crippen molar-refractivity contribution >= 4 is 5.78 Å². The Bertz CT molecular complexity index is 788. The minimum Gasteiger partial charge on any atom is -0.472 e. The zero-order valence-corrected chi connectivity index (χ0v) is 17.9. The summed E-state index contributed by atoms with van der Waals surface area (Å²) >= 11 is 0. The smallest absolute Gasteiger partial charge is 0.143 e. The summed E-state index contributed by atoms with van der Waals surface area (Å²) in [5.74, 6) is 2.26. The molecule has 2 nitrogen and oxygen atoms in total. The molecule has 1 aromatic rings. The van der Waals surface area contributed by atoms with Crippen molar-refractivity contribution in [3.05, 3.63) is 23.7 Å². The van der Waals surface area contributed by atoms with Crippen molar-refractivity contribution in [2.24, 2.45) is 34.0 Å². The van der Waals surface area contributed by atoms with Crippen LogP contribution in [0.15, 0.2) is 16.9 Å². The van der Waals surface area contributed by atoms with E-state index in [4.69, 9.17) is 4.42 Å². The lowest BCUT2D eigenvalue weighted by Gasteiger charge is -2.68. The van der Waals surface area contributed by atoms with Crippen LogP contribution in [0.25, 0.3) is 0 Å². The fraction of sp³-hybridized carbons (Fsp3) is 0.800. The van der Waals surface area contributed by atoms with E-state index in [9.17, 15) is 4.79 Å². The maximum atomic E-state index is 13.7. The third-order valence-electron chi connectivity index (χ3n) is 10.3. The molecule has 0 radical (unpaired) electrons. The Hall–Kier alpha value is -1.05. The van der Waals surface area contributed by atoms with Gasteiger partial charge in [0, 0.05) is 12.0 Å². The van der Waals surface area contributed by atoms with Crippen molar-refractivity contribution in [1.82, 2.24) is 0 Å². The summed E-state index contributed by atoms with van der Waals surface area (Å²) < 4.78 is 5.58. The minimum absolute atomic E-state index is 0.274. The quantitative estimate of drug-likeness (QED) is 0.536. The highest BCUT2D eigenvalue weighted by molar-refractivity contribution is 5.92. The Kier molecular flexibility index (Phi) is 3.54. The molecule has 0 spiro atoms. The van der Waals surface area contributed by atoms with E-state index in [0.29, 0.717) is 28.4 Å². The Balaban J connectivity index is 1.62. The third kappa shape index (κ3) is 2.06. The van der Waals surface area contributed by atoms with E-state index in [0.717, 1.165) is 25.2 Å². The summed E-state index contributed by atoms with van der Waals surface area (Å²) in [5.41, 5.74) is 3.17. The van der Waals surface area contributed by atoms with E-state index >= 15 is 0 Å². The van der Waals surface area contributed by atoms with E-state index in [-0.39, 0.29) is 10.8 Å². The summed E-state index contributed by atoms with van der Waals surface area (Å²) in [7, 11) is 0. The summed E-state index contributed by atoms with van der Waals surface area (Å²) in [6.45, 7) is 12.3. The first-order valence-electron chi connectivity index (χ1n) is 11.2. The van der Waals surface area contributed by atoms with Crippen LogP contribution in [-0.4, -0.2) is 5.78 Å². The van der Waals surface area contributed by atoms with E-state index in [2.05, 4.69) is 34.6 Å². The molecule has 1 heterocycles. The Morgan fingerprint density at radius 2 is 1.63 bits per heavy atom. The lowest BCUT2D eigenvalue weighted by atomic mass is 9.35. The summed E-state index contributed by atoms with van der Waals surface area (Å²) in [6.07, 6.45) is 13.4. The zero-order chi connectivity index (χ0) is 19.2. The second kappa shape index (κ2) is 5.30. The van der Waals surface area contributed by atoms with E-state index in [1.807, 2.05) is 12.5 Å². The molecule has 3 fully saturated rings. The topological polar surface area (TPSA) is 30.2 Å². The number of hydrogen-bond acceptors (Lipinski definition) is 2. The molecule has 4 aliphatic carbocycles. The molecule has 0 amide bonds. The molecule has 27 heavy (non-hydrogen) atoms. The maximum Gasteiger partial charge on any atom is 0.143 e. The molecule has 0 unspecified atom stereocenters. The Labute approximate surface area is 164 Å². The van der Waals surface area contributed by atoms with Gasteiger partial charge >= 0.3 is 0 Å². The van der Waals surface area contributed by atoms with Crippen molar-refractivity contribution in [3.8, 4) is 0 Å². The number of rotatable bonds is 0. The number of ketones is 1. The molecule has 3 saturated carbocycles. The molecule has 0 bridgehead atoms. The zero-order valence-electron chi connectivity index (χ0n) is 17.9. The van der Waals surface area contributed by atoms with Gasteiger partial charge in [0.1, 0.15) is 5.78 Å². The number of Topliss-reactive ketones (excluding diaryl/α,β-unsaturated/α-hetero) is 1. The Morgan fingerprint density at radius 3 is 2.41 bits per heavy atom. The fourth-order valence-corrected chi connectivity index (χ4v) is 9.05. The highest BCUT2D eigenvalue weighted by Gasteiger charge is 2.67. The number of carbonyl (C=O) groups excluding carboxylic acids is 1. The van der Waals surface area contributed by atoms with Crippen LogP contribution in [0, 0.1) is 34.0 Å². The third-order valence-corrected chi connectivity index (χ3v) is 10.3. The number of furan rings is 1. The predicted molar refractivity (Wildman–Crippen MR) is 108 cm³/mol. The van der Waals surface area contributed by atoms with Crippen LogP contribution in [0.1, 0.15) is 90.7 Å². The summed E-state index contributed by atoms with van der Waals surface area (Å²) in [5, 5.41) is 0. The van der Waals surface area contributed by atoms with Gasteiger partial charge < -0.3 is 4.42 Å². The summed E-state index contributed by atoms with van der Waals surface area (Å²) in [6, 6.07) is 0. The molecule has 0 saturated heterocycles. The van der Waals surface area contributed by atoms with Crippen LogP contribution in [0.2, 0.25) is 0 Å². The molecule has 1 aromatic heterocycles. The lowest BCUT2D eigenvalue weighted by Crippen LogP contribution is -2.65. The largest absolute Gasteiger partial charge is 0.472 e. The van der Waals surface area contributed by atoms with E-state index in [1.165, 1.54) is 43.2 Å². The molecule has 4 aliphatic rings. The second-order valence-corrected chi connectivity index (χ2v) is 11.7. The second-order valence-electron chi connectivity index (χ2n) is 11.7. The van der Waals surface area contributed by atoms with Gasteiger partial charge in [-0.05, 0) is 85.0 Å².